The molecule has 0 N–H and O–H groups in total. The van der Waals surface area contributed by atoms with E-state index in [0.717, 1.165) is 11.1 Å². The predicted molar refractivity (Wildman–Crippen MR) is 61.8 cm³/mol. The van der Waals surface area contributed by atoms with E-state index in [2.05, 4.69) is 13.8 Å². The van der Waals surface area contributed by atoms with Gasteiger partial charge in [-0.1, -0.05) is 39.8 Å². The van der Waals surface area contributed by atoms with Crippen LogP contribution in [0.4, 0.5) is 0 Å². The van der Waals surface area contributed by atoms with Gasteiger partial charge in [0.25, 0.3) is 0 Å². The van der Waals surface area contributed by atoms with Gasteiger partial charge in [-0.05, 0) is 40.1 Å². The SMILES string of the molecule is CC(C)c1ccc(C(C)C)c(S(=O)[O-])c1.[K+]. The molecule has 0 aliphatic rings. The van der Waals surface area contributed by atoms with Crippen molar-refractivity contribution in [3.63, 3.8) is 0 Å². The second-order valence-corrected chi connectivity index (χ2v) is 5.25. The molecule has 0 aromatic heterocycles. The topological polar surface area (TPSA) is 40.1 Å². The molecule has 0 aliphatic heterocycles. The first-order valence-corrected chi connectivity index (χ1v) is 6.24. The zero-order chi connectivity index (χ0) is 11.6. The Labute approximate surface area is 143 Å². The van der Waals surface area contributed by atoms with Crippen molar-refractivity contribution in [3.8, 4) is 0 Å². The van der Waals surface area contributed by atoms with Crippen molar-refractivity contribution in [1.82, 2.24) is 0 Å². The Kier molecular flexibility index (Phi) is 7.86. The molecule has 4 heteroatoms. The van der Waals surface area contributed by atoms with E-state index < -0.39 is 11.1 Å². The van der Waals surface area contributed by atoms with Gasteiger partial charge in [-0.25, -0.2) is 0 Å². The molecular formula is C12H17KO2S. The van der Waals surface area contributed by atoms with Gasteiger partial charge in [-0.3, -0.25) is 4.21 Å². The number of hydrogen-bond donors (Lipinski definition) is 0. The molecule has 0 bridgehead atoms. The summed E-state index contributed by atoms with van der Waals surface area (Å²) in [4.78, 5) is 0.441. The molecular weight excluding hydrogens is 247 g/mol. The molecule has 16 heavy (non-hydrogen) atoms. The fourth-order valence-corrected chi connectivity index (χ4v) is 2.26. The van der Waals surface area contributed by atoms with E-state index in [9.17, 15) is 8.76 Å². The molecule has 0 fully saturated rings. The Morgan fingerprint density at radius 1 is 1.12 bits per heavy atom. The Balaban J connectivity index is 0.00000225. The van der Waals surface area contributed by atoms with Gasteiger partial charge in [-0.15, -0.1) is 0 Å². The van der Waals surface area contributed by atoms with E-state index in [-0.39, 0.29) is 57.3 Å². The maximum absolute atomic E-state index is 11.1. The summed E-state index contributed by atoms with van der Waals surface area (Å²) in [5, 5.41) is 0. The Morgan fingerprint density at radius 2 is 1.69 bits per heavy atom. The van der Waals surface area contributed by atoms with Crippen LogP contribution in [0, 0.1) is 0 Å². The monoisotopic (exact) mass is 264 g/mol. The van der Waals surface area contributed by atoms with E-state index in [1.165, 1.54) is 0 Å². The van der Waals surface area contributed by atoms with Gasteiger partial charge in [0.2, 0.25) is 0 Å². The van der Waals surface area contributed by atoms with Crippen molar-refractivity contribution >= 4 is 11.1 Å². The third-order valence-corrected chi connectivity index (χ3v) is 3.22. The van der Waals surface area contributed by atoms with Crippen LogP contribution in [0.5, 0.6) is 0 Å². The van der Waals surface area contributed by atoms with Crippen molar-refractivity contribution in [2.75, 3.05) is 0 Å². The molecule has 0 saturated heterocycles. The van der Waals surface area contributed by atoms with E-state index in [1.54, 1.807) is 6.07 Å². The summed E-state index contributed by atoms with van der Waals surface area (Å²) in [7, 11) is 0. The number of rotatable bonds is 3. The van der Waals surface area contributed by atoms with Crippen molar-refractivity contribution in [3.05, 3.63) is 29.3 Å². The van der Waals surface area contributed by atoms with E-state index >= 15 is 0 Å². The summed E-state index contributed by atoms with van der Waals surface area (Å²) in [6.45, 7) is 8.12. The minimum absolute atomic E-state index is 0. The first-order valence-electron chi connectivity index (χ1n) is 5.16. The van der Waals surface area contributed by atoms with Gasteiger partial charge in [-0.2, -0.15) is 0 Å². The van der Waals surface area contributed by atoms with Crippen LogP contribution in [-0.4, -0.2) is 8.76 Å². The fraction of sp³-hybridized carbons (Fsp3) is 0.500. The molecule has 0 spiro atoms. The molecule has 2 nitrogen and oxygen atoms in total. The molecule has 1 aromatic carbocycles. The molecule has 0 amide bonds. The van der Waals surface area contributed by atoms with Gasteiger partial charge in [0.15, 0.2) is 0 Å². The molecule has 0 aliphatic carbocycles. The maximum atomic E-state index is 11.1. The summed E-state index contributed by atoms with van der Waals surface area (Å²) >= 11 is -2.14. The van der Waals surface area contributed by atoms with Crippen LogP contribution in [0.2, 0.25) is 0 Å². The van der Waals surface area contributed by atoms with Crippen molar-refractivity contribution in [2.24, 2.45) is 0 Å². The minimum Gasteiger partial charge on any atom is -0.768 e. The zero-order valence-electron chi connectivity index (χ0n) is 10.6. The minimum atomic E-state index is -2.14. The third kappa shape index (κ3) is 4.33. The average molecular weight is 264 g/mol. The quantitative estimate of drug-likeness (QED) is 0.577. The molecule has 0 saturated carbocycles. The number of hydrogen-bond acceptors (Lipinski definition) is 2. The summed E-state index contributed by atoms with van der Waals surface area (Å²) in [5.41, 5.74) is 1.96. The van der Waals surface area contributed by atoms with Gasteiger partial charge in [0.05, 0.1) is 0 Å². The van der Waals surface area contributed by atoms with Crippen LogP contribution < -0.4 is 51.4 Å². The fourth-order valence-electron chi connectivity index (χ4n) is 1.53. The predicted octanol–water partition coefficient (Wildman–Crippen LogP) is 0.175. The van der Waals surface area contributed by atoms with Crippen molar-refractivity contribution in [2.45, 2.75) is 44.4 Å². The van der Waals surface area contributed by atoms with Gasteiger partial charge in [0, 0.05) is 4.90 Å². The second-order valence-electron chi connectivity index (χ2n) is 4.34. The summed E-state index contributed by atoms with van der Waals surface area (Å²) in [6.07, 6.45) is 0. The largest absolute Gasteiger partial charge is 1.00 e. The first-order chi connectivity index (χ1) is 6.93. The summed E-state index contributed by atoms with van der Waals surface area (Å²) in [5.74, 6) is 0.590. The summed E-state index contributed by atoms with van der Waals surface area (Å²) < 4.78 is 22.2. The molecule has 0 radical (unpaired) electrons. The Morgan fingerprint density at radius 3 is 2.06 bits per heavy atom. The zero-order valence-corrected chi connectivity index (χ0v) is 14.6. The van der Waals surface area contributed by atoms with Gasteiger partial charge in [0.1, 0.15) is 0 Å². The number of benzene rings is 1. The smallest absolute Gasteiger partial charge is 0.768 e. The van der Waals surface area contributed by atoms with Crippen LogP contribution in [0.3, 0.4) is 0 Å². The van der Waals surface area contributed by atoms with E-state index in [0.29, 0.717) is 10.8 Å². The van der Waals surface area contributed by atoms with Crippen LogP contribution >= 0.6 is 0 Å². The van der Waals surface area contributed by atoms with Crippen LogP contribution in [0.25, 0.3) is 0 Å². The van der Waals surface area contributed by atoms with Gasteiger partial charge >= 0.3 is 51.4 Å². The van der Waals surface area contributed by atoms with Crippen LogP contribution in [0.15, 0.2) is 23.1 Å². The molecule has 84 valence electrons. The standard InChI is InChI=1S/C12H18O2S.K/c1-8(2)10-5-6-11(9(3)4)12(7-10)15(13)14;/h5-9H,1-4H3,(H,13,14);/q;+1/p-1. The van der Waals surface area contributed by atoms with E-state index in [1.807, 2.05) is 26.0 Å². The van der Waals surface area contributed by atoms with Crippen LogP contribution in [0.1, 0.15) is 50.7 Å². The molecule has 1 aromatic rings. The van der Waals surface area contributed by atoms with Gasteiger partial charge < -0.3 is 4.55 Å². The molecule has 0 heterocycles. The average Bonchev–Trinajstić information content (AvgIpc) is 2.16. The second kappa shape index (κ2) is 7.41. The molecule has 1 unspecified atom stereocenters. The van der Waals surface area contributed by atoms with Crippen molar-refractivity contribution < 1.29 is 60.1 Å². The van der Waals surface area contributed by atoms with Crippen molar-refractivity contribution in [1.29, 1.82) is 0 Å². The maximum Gasteiger partial charge on any atom is 1.00 e. The molecule has 1 rings (SSSR count). The summed E-state index contributed by atoms with van der Waals surface area (Å²) in [6, 6.07) is 5.71. The van der Waals surface area contributed by atoms with Crippen LogP contribution in [-0.2, 0) is 11.1 Å². The normalized spacial score (nSPS) is 12.7. The molecule has 1 atom stereocenters. The Hall–Kier alpha value is 0.966. The Bertz CT molecular complexity index is 375. The first kappa shape index (κ1) is 17.0. The van der Waals surface area contributed by atoms with E-state index in [4.69, 9.17) is 0 Å². The third-order valence-electron chi connectivity index (χ3n) is 2.51.